The van der Waals surface area contributed by atoms with Crippen molar-refractivity contribution >= 4 is 11.9 Å². The monoisotopic (exact) mass is 355 g/mol. The third-order valence-corrected chi connectivity index (χ3v) is 4.91. The van der Waals surface area contributed by atoms with Crippen molar-refractivity contribution in [2.24, 2.45) is 0 Å². The Morgan fingerprint density at radius 2 is 2.04 bits per heavy atom. The molecule has 1 N–H and O–H groups in total. The summed E-state index contributed by atoms with van der Waals surface area (Å²) in [5.74, 6) is -0.714. The summed E-state index contributed by atoms with van der Waals surface area (Å²) >= 11 is 0. The third kappa shape index (κ3) is 3.79. The molecule has 1 aliphatic carbocycles. The molecule has 0 spiro atoms. The lowest BCUT2D eigenvalue weighted by Gasteiger charge is -2.17. The molecule has 6 nitrogen and oxygen atoms in total. The number of hydrogen-bond acceptors (Lipinski definition) is 4. The smallest absolute Gasteiger partial charge is 0.340 e. The van der Waals surface area contributed by atoms with Crippen molar-refractivity contribution in [1.29, 1.82) is 0 Å². The minimum atomic E-state index is -0.815. The maximum atomic E-state index is 12.6. The van der Waals surface area contributed by atoms with Crippen LogP contribution in [0.25, 0.3) is 5.69 Å². The molecule has 2 aromatic rings. The number of hydrogen-bond donors (Lipinski definition) is 1. The highest BCUT2D eigenvalue weighted by Crippen LogP contribution is 2.22. The molecule has 1 aliphatic rings. The molecule has 2 heterocycles. The minimum absolute atomic E-state index is 0.208. The first-order valence-electron chi connectivity index (χ1n) is 9.08. The van der Waals surface area contributed by atoms with Gasteiger partial charge in [0.25, 0.3) is 5.91 Å². The van der Waals surface area contributed by atoms with Gasteiger partial charge in [-0.15, -0.1) is 0 Å². The summed E-state index contributed by atoms with van der Waals surface area (Å²) < 4.78 is 7.36. The van der Waals surface area contributed by atoms with Gasteiger partial charge in [0.1, 0.15) is 0 Å². The average molecular weight is 355 g/mol. The molecule has 1 amide bonds. The first-order chi connectivity index (χ1) is 12.5. The number of pyridine rings is 1. The normalized spacial score (nSPS) is 15.7. The molecule has 6 heteroatoms. The lowest BCUT2D eigenvalue weighted by molar-refractivity contribution is -0.129. The molecule has 0 unspecified atom stereocenters. The zero-order valence-electron chi connectivity index (χ0n) is 15.5. The summed E-state index contributed by atoms with van der Waals surface area (Å²) in [5.41, 5.74) is 3.02. The van der Waals surface area contributed by atoms with E-state index in [1.165, 1.54) is 0 Å². The molecule has 26 heavy (non-hydrogen) atoms. The fourth-order valence-corrected chi connectivity index (χ4v) is 3.52. The van der Waals surface area contributed by atoms with Crippen LogP contribution in [-0.2, 0) is 9.53 Å². The fraction of sp³-hybridized carbons (Fsp3) is 0.450. The quantitative estimate of drug-likeness (QED) is 0.837. The van der Waals surface area contributed by atoms with Gasteiger partial charge in [-0.3, -0.25) is 9.78 Å². The van der Waals surface area contributed by atoms with Crippen molar-refractivity contribution in [3.05, 3.63) is 47.5 Å². The van der Waals surface area contributed by atoms with Gasteiger partial charge in [0.15, 0.2) is 6.10 Å². The van der Waals surface area contributed by atoms with Crippen LogP contribution in [0.5, 0.6) is 0 Å². The van der Waals surface area contributed by atoms with E-state index in [2.05, 4.69) is 10.3 Å². The third-order valence-electron chi connectivity index (χ3n) is 4.91. The van der Waals surface area contributed by atoms with Gasteiger partial charge < -0.3 is 14.6 Å². The second-order valence-electron chi connectivity index (χ2n) is 6.87. The van der Waals surface area contributed by atoms with Crippen molar-refractivity contribution in [3.8, 4) is 5.69 Å². The maximum absolute atomic E-state index is 12.6. The van der Waals surface area contributed by atoms with Crippen molar-refractivity contribution in [3.63, 3.8) is 0 Å². The number of amides is 1. The van der Waals surface area contributed by atoms with Gasteiger partial charge in [-0.2, -0.15) is 0 Å². The Balaban J connectivity index is 1.71. The lowest BCUT2D eigenvalue weighted by Crippen LogP contribution is -2.40. The van der Waals surface area contributed by atoms with Crippen molar-refractivity contribution < 1.29 is 14.3 Å². The second-order valence-corrected chi connectivity index (χ2v) is 6.87. The average Bonchev–Trinajstić information content (AvgIpc) is 3.23. The van der Waals surface area contributed by atoms with Crippen LogP contribution in [0.15, 0.2) is 30.6 Å². The predicted octanol–water partition coefficient (Wildman–Crippen LogP) is 3.09. The summed E-state index contributed by atoms with van der Waals surface area (Å²) in [6, 6.07) is 5.77. The van der Waals surface area contributed by atoms with Crippen LogP contribution in [0.1, 0.15) is 54.4 Å². The number of nitrogens with one attached hydrogen (secondary N) is 1. The first kappa shape index (κ1) is 18.2. The van der Waals surface area contributed by atoms with E-state index in [4.69, 9.17) is 4.74 Å². The summed E-state index contributed by atoms with van der Waals surface area (Å²) in [5, 5.41) is 2.96. The standard InChI is InChI=1S/C20H25N3O3/c1-13-11-18(14(2)23(13)17-9-6-10-21-12-17)20(25)26-15(3)19(24)22-16-7-4-5-8-16/h6,9-12,15-16H,4-5,7-8H2,1-3H3,(H,22,24)/t15-/m1/s1. The fourth-order valence-electron chi connectivity index (χ4n) is 3.52. The van der Waals surface area contributed by atoms with Crippen molar-refractivity contribution in [2.45, 2.75) is 58.6 Å². The van der Waals surface area contributed by atoms with Crippen LogP contribution in [0, 0.1) is 13.8 Å². The zero-order valence-corrected chi connectivity index (χ0v) is 15.5. The molecular formula is C20H25N3O3. The highest BCUT2D eigenvalue weighted by molar-refractivity contribution is 5.93. The minimum Gasteiger partial charge on any atom is -0.449 e. The number of rotatable bonds is 5. The number of esters is 1. The van der Waals surface area contributed by atoms with Gasteiger partial charge in [-0.25, -0.2) is 4.79 Å². The summed E-state index contributed by atoms with van der Waals surface area (Å²) in [6.07, 6.45) is 6.91. The summed E-state index contributed by atoms with van der Waals surface area (Å²) in [4.78, 5) is 29.0. The summed E-state index contributed by atoms with van der Waals surface area (Å²) in [7, 11) is 0. The molecule has 138 valence electrons. The molecule has 1 atom stereocenters. The van der Waals surface area contributed by atoms with Crippen molar-refractivity contribution in [1.82, 2.24) is 14.9 Å². The van der Waals surface area contributed by atoms with E-state index >= 15 is 0 Å². The van der Waals surface area contributed by atoms with Gasteiger partial charge in [0.05, 0.1) is 17.4 Å². The Morgan fingerprint density at radius 1 is 1.31 bits per heavy atom. The van der Waals surface area contributed by atoms with Gasteiger partial charge in [0.2, 0.25) is 0 Å². The van der Waals surface area contributed by atoms with Crippen LogP contribution in [-0.4, -0.2) is 33.6 Å². The molecule has 3 rings (SSSR count). The number of aryl methyl sites for hydroxylation is 1. The van der Waals surface area contributed by atoms with Gasteiger partial charge in [0, 0.05) is 23.6 Å². The van der Waals surface area contributed by atoms with Crippen molar-refractivity contribution in [2.75, 3.05) is 0 Å². The van der Waals surface area contributed by atoms with Crippen LogP contribution in [0.4, 0.5) is 0 Å². The van der Waals surface area contributed by atoms with E-state index in [-0.39, 0.29) is 11.9 Å². The van der Waals surface area contributed by atoms with Crippen LogP contribution >= 0.6 is 0 Å². The van der Waals surface area contributed by atoms with Crippen LogP contribution in [0.2, 0.25) is 0 Å². The first-order valence-corrected chi connectivity index (χ1v) is 9.08. The van der Waals surface area contributed by atoms with Gasteiger partial charge in [-0.05, 0) is 51.8 Å². The molecule has 2 aromatic heterocycles. The molecule has 0 radical (unpaired) electrons. The molecule has 0 aromatic carbocycles. The molecule has 1 fully saturated rings. The highest BCUT2D eigenvalue weighted by atomic mass is 16.5. The molecule has 1 saturated carbocycles. The van der Waals surface area contributed by atoms with E-state index in [9.17, 15) is 9.59 Å². The second kappa shape index (κ2) is 7.72. The Morgan fingerprint density at radius 3 is 2.69 bits per heavy atom. The highest BCUT2D eigenvalue weighted by Gasteiger charge is 2.25. The van der Waals surface area contributed by atoms with Crippen LogP contribution < -0.4 is 5.32 Å². The molecule has 0 saturated heterocycles. The van der Waals surface area contributed by atoms with E-state index in [0.29, 0.717) is 5.56 Å². The Labute approximate surface area is 153 Å². The number of aromatic nitrogens is 2. The maximum Gasteiger partial charge on any atom is 0.340 e. The zero-order chi connectivity index (χ0) is 18.7. The lowest BCUT2D eigenvalue weighted by atomic mass is 10.2. The Kier molecular flexibility index (Phi) is 5.40. The SMILES string of the molecule is Cc1cc(C(=O)O[C@H](C)C(=O)NC2CCCC2)c(C)n1-c1cccnc1. The van der Waals surface area contributed by atoms with E-state index in [0.717, 1.165) is 42.8 Å². The molecule has 0 bridgehead atoms. The van der Waals surface area contributed by atoms with E-state index in [1.54, 1.807) is 25.4 Å². The van der Waals surface area contributed by atoms with Gasteiger partial charge in [-0.1, -0.05) is 12.8 Å². The molecule has 0 aliphatic heterocycles. The summed E-state index contributed by atoms with van der Waals surface area (Å²) in [6.45, 7) is 5.40. The number of carbonyl (C=O) groups is 2. The largest absolute Gasteiger partial charge is 0.449 e. The van der Waals surface area contributed by atoms with Crippen LogP contribution in [0.3, 0.4) is 0 Å². The number of ether oxygens (including phenoxy) is 1. The van der Waals surface area contributed by atoms with E-state index < -0.39 is 12.1 Å². The number of nitrogens with zero attached hydrogens (tertiary/aromatic N) is 2. The van der Waals surface area contributed by atoms with Gasteiger partial charge >= 0.3 is 5.97 Å². The Bertz CT molecular complexity index is 792. The van der Waals surface area contributed by atoms with E-state index in [1.807, 2.05) is 30.5 Å². The number of carbonyl (C=O) groups excluding carboxylic acids is 2. The Hall–Kier alpha value is -2.63. The molecular weight excluding hydrogens is 330 g/mol. The topological polar surface area (TPSA) is 73.2 Å². The predicted molar refractivity (Wildman–Crippen MR) is 98.3 cm³/mol.